The third-order valence-electron chi connectivity index (χ3n) is 17.3. The molecule has 7 aliphatic rings. The summed E-state index contributed by atoms with van der Waals surface area (Å²) in [7, 11) is 0. The van der Waals surface area contributed by atoms with Gasteiger partial charge in [0.25, 0.3) is 69.5 Å². The zero-order valence-corrected chi connectivity index (χ0v) is 39.5. The molecule has 18 heteroatoms. The molecule has 2 aromatic heterocycles. The van der Waals surface area contributed by atoms with E-state index in [9.17, 15) is 57.5 Å². The van der Waals surface area contributed by atoms with Crippen LogP contribution >= 0.6 is 0 Å². The maximum atomic E-state index is 14.9. The third-order valence-corrected chi connectivity index (χ3v) is 17.3. The van der Waals surface area contributed by atoms with Gasteiger partial charge in [-0.25, -0.2) is 0 Å². The summed E-state index contributed by atoms with van der Waals surface area (Å²) >= 11 is 0. The molecule has 14 rings (SSSR count). The van der Waals surface area contributed by atoms with E-state index in [1.807, 2.05) is 0 Å². The average Bonchev–Trinajstić information content (AvgIpc) is 3.81. The number of imide groups is 4. The van der Waals surface area contributed by atoms with Crippen molar-refractivity contribution in [2.24, 2.45) is 0 Å². The number of nitrogens with zero attached hydrogens (tertiary/aromatic N) is 5. The number of amides is 8. The summed E-state index contributed by atoms with van der Waals surface area (Å²) in [5.41, 5.74) is -1.74. The van der Waals surface area contributed by atoms with Gasteiger partial charge < -0.3 is 0 Å². The lowest BCUT2D eigenvalue weighted by molar-refractivity contribution is 0.0241. The molecule has 0 bridgehead atoms. The Morgan fingerprint density at radius 1 is 0.311 bits per heavy atom. The molecule has 5 aromatic carbocycles. The number of carbonyl (C=O) groups excluding carboxylic acids is 8. The highest BCUT2D eigenvalue weighted by Gasteiger charge is 2.50. The fourth-order valence-corrected chi connectivity index (χ4v) is 14.0. The van der Waals surface area contributed by atoms with Crippen molar-refractivity contribution in [3.05, 3.63) is 147 Å². The zero-order chi connectivity index (χ0) is 50.9. The largest absolute Gasteiger partial charge is 0.288 e. The molecule has 6 heterocycles. The van der Waals surface area contributed by atoms with Gasteiger partial charge in [-0.2, -0.15) is 0 Å². The Balaban J connectivity index is 0.802. The number of aromatic nitrogens is 2. The van der Waals surface area contributed by atoms with Crippen molar-refractivity contribution in [3.63, 3.8) is 0 Å². The number of fused-ring (bicyclic) bond motifs is 2. The zero-order valence-electron chi connectivity index (χ0n) is 39.5. The number of rotatable bonds is 5. The molecule has 3 aliphatic carbocycles. The predicted octanol–water partition coefficient (Wildman–Crippen LogP) is 5.59. The third kappa shape index (κ3) is 5.64. The summed E-state index contributed by atoms with van der Waals surface area (Å²) in [4.78, 5) is 174. The van der Waals surface area contributed by atoms with Gasteiger partial charge in [0.05, 0.1) is 45.7 Å². The molecule has 18 nitrogen and oxygen atoms in total. The first-order valence-corrected chi connectivity index (χ1v) is 25.4. The average molecular weight is 991 g/mol. The molecule has 3 fully saturated rings. The SMILES string of the molecule is O=C1NC(=O)c2ccc3c4c(ccc1c24)C(=O)N([C@@H]1CCCC[C@H]1N1C(=O)c2ccc4c5c(ccc(c25)C1=O)C(=O)N([C@@H]1CCCC[C@H]1n1c(=O)c2cc5c(=O)n(C6CCCCC6)c(=O)c5cc2c1=O)C4=O)C3=O. The second kappa shape index (κ2) is 15.5. The summed E-state index contributed by atoms with van der Waals surface area (Å²) < 4.78 is 2.33. The monoisotopic (exact) mass is 990 g/mol. The van der Waals surface area contributed by atoms with Crippen molar-refractivity contribution < 1.29 is 38.4 Å². The highest BCUT2D eigenvalue weighted by molar-refractivity contribution is 6.35. The molecule has 0 saturated heterocycles. The minimum Gasteiger partial charge on any atom is -0.288 e. The van der Waals surface area contributed by atoms with Crippen molar-refractivity contribution in [3.8, 4) is 0 Å². The molecule has 0 unspecified atom stereocenters. The van der Waals surface area contributed by atoms with Crippen LogP contribution in [0.5, 0.6) is 0 Å². The van der Waals surface area contributed by atoms with E-state index in [0.717, 1.165) is 38.5 Å². The van der Waals surface area contributed by atoms with Crippen molar-refractivity contribution >= 4 is 90.3 Å². The Labute approximate surface area is 416 Å². The van der Waals surface area contributed by atoms with Gasteiger partial charge in [0.1, 0.15) is 0 Å². The standard InChI is InChI=1S/C56H42N6O12/c63-45-25-14-16-27-42-28(17-15-26(41(25)42)46(64)57-45)48(66)59(47(27)65)37-10-4-5-11-38(37)60-49(67)29-18-20-31-44-32(21-19-30(43(29)44)50(60)68)52(70)61(51(31)69)39-12-6-7-13-40(39)62-55(73)35-22-33-34(23-36(35)56(62)74)54(72)58(53(33)71)24-8-2-1-3-9-24/h14-24,37-40H,1-13H2,(H,57,63,64)/t37-,38-,39-,40-/m1/s1. The van der Waals surface area contributed by atoms with Gasteiger partial charge in [-0.15, -0.1) is 0 Å². The first-order valence-electron chi connectivity index (χ1n) is 25.4. The van der Waals surface area contributed by atoms with Crippen LogP contribution in [0.1, 0.15) is 178 Å². The topological polar surface area (TPSA) is 236 Å². The van der Waals surface area contributed by atoms with Gasteiger partial charge >= 0.3 is 0 Å². The van der Waals surface area contributed by atoms with Crippen LogP contribution in [0.25, 0.3) is 43.1 Å². The normalized spacial score (nSPS) is 23.1. The van der Waals surface area contributed by atoms with Crippen molar-refractivity contribution in [2.75, 3.05) is 0 Å². The van der Waals surface area contributed by atoms with Gasteiger partial charge in [-0.1, -0.05) is 44.9 Å². The lowest BCUT2D eigenvalue weighted by Crippen LogP contribution is -2.61. The quantitative estimate of drug-likeness (QED) is 0.208. The van der Waals surface area contributed by atoms with E-state index in [-0.39, 0.29) is 119 Å². The first-order chi connectivity index (χ1) is 35.8. The molecule has 0 spiro atoms. The van der Waals surface area contributed by atoms with Crippen LogP contribution in [0.4, 0.5) is 0 Å². The highest BCUT2D eigenvalue weighted by atomic mass is 16.2. The summed E-state index contributed by atoms with van der Waals surface area (Å²) in [6.45, 7) is 0. The molecule has 368 valence electrons. The molecule has 1 N–H and O–H groups in total. The lowest BCUT2D eigenvalue weighted by Gasteiger charge is -2.45. The van der Waals surface area contributed by atoms with Crippen LogP contribution in [-0.4, -0.2) is 89.2 Å². The van der Waals surface area contributed by atoms with Gasteiger partial charge in [-0.3, -0.25) is 86.7 Å². The highest BCUT2D eigenvalue weighted by Crippen LogP contribution is 2.45. The molecular weight excluding hydrogens is 949 g/mol. The Morgan fingerprint density at radius 3 is 0.932 bits per heavy atom. The van der Waals surface area contributed by atoms with Crippen LogP contribution in [0.15, 0.2) is 79.8 Å². The Hall–Kier alpha value is -8.54. The summed E-state index contributed by atoms with van der Waals surface area (Å²) in [6, 6.07) is 10.0. The predicted molar refractivity (Wildman–Crippen MR) is 266 cm³/mol. The number of carbonyl (C=O) groups is 8. The Morgan fingerprint density at radius 2 is 0.581 bits per heavy atom. The smallest absolute Gasteiger partial charge is 0.261 e. The van der Waals surface area contributed by atoms with Crippen LogP contribution in [0, 0.1) is 0 Å². The minimum atomic E-state index is -0.976. The molecule has 4 aliphatic heterocycles. The molecule has 7 aromatic rings. The van der Waals surface area contributed by atoms with E-state index in [2.05, 4.69) is 5.32 Å². The van der Waals surface area contributed by atoms with Crippen molar-refractivity contribution in [2.45, 2.75) is 114 Å². The van der Waals surface area contributed by atoms with Crippen LogP contribution in [0.2, 0.25) is 0 Å². The van der Waals surface area contributed by atoms with Crippen molar-refractivity contribution in [1.29, 1.82) is 0 Å². The second-order valence-electron chi connectivity index (χ2n) is 20.9. The minimum absolute atomic E-state index is 0.0242. The fraction of sp³-hybridized carbons (Fsp3) is 0.321. The molecule has 0 radical (unpaired) electrons. The molecule has 3 saturated carbocycles. The van der Waals surface area contributed by atoms with Crippen LogP contribution in [0.3, 0.4) is 0 Å². The fourth-order valence-electron chi connectivity index (χ4n) is 14.0. The van der Waals surface area contributed by atoms with E-state index >= 15 is 0 Å². The number of hydrogen-bond donors (Lipinski definition) is 1. The van der Waals surface area contributed by atoms with E-state index in [0.29, 0.717) is 38.5 Å². The van der Waals surface area contributed by atoms with Crippen molar-refractivity contribution in [1.82, 2.24) is 29.2 Å². The van der Waals surface area contributed by atoms with E-state index in [1.165, 1.54) is 65.2 Å². The lowest BCUT2D eigenvalue weighted by atomic mass is 9.80. The maximum Gasteiger partial charge on any atom is 0.261 e. The van der Waals surface area contributed by atoms with Crippen LogP contribution < -0.4 is 27.6 Å². The molecule has 8 amide bonds. The van der Waals surface area contributed by atoms with E-state index in [4.69, 9.17) is 0 Å². The first kappa shape index (κ1) is 44.2. The Kier molecular flexibility index (Phi) is 9.25. The van der Waals surface area contributed by atoms with Gasteiger partial charge in [-0.05, 0) is 99.2 Å². The van der Waals surface area contributed by atoms with Gasteiger partial charge in [0.15, 0.2) is 0 Å². The van der Waals surface area contributed by atoms with Crippen LogP contribution in [-0.2, 0) is 0 Å². The number of hydrogen-bond acceptors (Lipinski definition) is 12. The summed E-state index contributed by atoms with van der Waals surface area (Å²) in [5.74, 6) is -5.65. The van der Waals surface area contributed by atoms with E-state index < -0.39 is 93.7 Å². The summed E-state index contributed by atoms with van der Waals surface area (Å²) in [5, 5.41) is 2.98. The molecular formula is C56H42N6O12. The second-order valence-corrected chi connectivity index (χ2v) is 20.9. The van der Waals surface area contributed by atoms with E-state index in [1.54, 1.807) is 0 Å². The number of benzene rings is 5. The maximum absolute atomic E-state index is 14.9. The van der Waals surface area contributed by atoms with Gasteiger partial charge in [0.2, 0.25) is 0 Å². The molecule has 4 atom stereocenters. The number of nitrogens with one attached hydrogen (secondary N) is 1. The Bertz CT molecular complexity index is 3930. The van der Waals surface area contributed by atoms with Gasteiger partial charge in [0, 0.05) is 72.1 Å². The summed E-state index contributed by atoms with van der Waals surface area (Å²) in [6.07, 6.45) is 7.46. The molecule has 74 heavy (non-hydrogen) atoms.